The number of carbonyl (C=O) groups excluding carboxylic acids is 1. The summed E-state index contributed by atoms with van der Waals surface area (Å²) in [4.78, 5) is 12.2. The SMILES string of the molecule is Cc1cccc(C(=O)NCc2ccc(CN)cc2)c1Br. The first-order valence-corrected chi connectivity index (χ1v) is 7.22. The van der Waals surface area contributed by atoms with E-state index in [9.17, 15) is 4.79 Å². The zero-order chi connectivity index (χ0) is 14.5. The summed E-state index contributed by atoms with van der Waals surface area (Å²) in [5.41, 5.74) is 9.40. The predicted molar refractivity (Wildman–Crippen MR) is 84.4 cm³/mol. The zero-order valence-corrected chi connectivity index (χ0v) is 12.9. The highest BCUT2D eigenvalue weighted by atomic mass is 79.9. The fourth-order valence-corrected chi connectivity index (χ4v) is 2.34. The Morgan fingerprint density at radius 1 is 1.15 bits per heavy atom. The summed E-state index contributed by atoms with van der Waals surface area (Å²) in [6.45, 7) is 3.00. The fourth-order valence-electron chi connectivity index (χ4n) is 1.89. The molecule has 4 heteroatoms. The number of aryl methyl sites for hydroxylation is 1. The van der Waals surface area contributed by atoms with E-state index in [4.69, 9.17) is 5.73 Å². The summed E-state index contributed by atoms with van der Waals surface area (Å²) in [5, 5.41) is 2.92. The van der Waals surface area contributed by atoms with Crippen LogP contribution in [0.5, 0.6) is 0 Å². The van der Waals surface area contributed by atoms with Crippen molar-refractivity contribution in [3.63, 3.8) is 0 Å². The van der Waals surface area contributed by atoms with Crippen LogP contribution in [0, 0.1) is 6.92 Å². The maximum atomic E-state index is 12.2. The van der Waals surface area contributed by atoms with E-state index in [1.807, 2.05) is 49.4 Å². The number of rotatable bonds is 4. The molecule has 2 rings (SSSR count). The largest absolute Gasteiger partial charge is 0.348 e. The summed E-state index contributed by atoms with van der Waals surface area (Å²) in [5.74, 6) is -0.0801. The number of benzene rings is 2. The summed E-state index contributed by atoms with van der Waals surface area (Å²) in [6.07, 6.45) is 0. The normalized spacial score (nSPS) is 10.3. The Kier molecular flexibility index (Phi) is 4.93. The van der Waals surface area contributed by atoms with Gasteiger partial charge in [0, 0.05) is 17.6 Å². The summed E-state index contributed by atoms with van der Waals surface area (Å²) >= 11 is 3.45. The Balaban J connectivity index is 2.02. The highest BCUT2D eigenvalue weighted by molar-refractivity contribution is 9.10. The molecule has 3 nitrogen and oxygen atoms in total. The van der Waals surface area contributed by atoms with Gasteiger partial charge in [-0.25, -0.2) is 0 Å². The molecule has 0 atom stereocenters. The van der Waals surface area contributed by atoms with Crippen LogP contribution in [0.15, 0.2) is 46.9 Å². The smallest absolute Gasteiger partial charge is 0.252 e. The van der Waals surface area contributed by atoms with Crippen LogP contribution >= 0.6 is 15.9 Å². The third-order valence-electron chi connectivity index (χ3n) is 3.15. The number of halogens is 1. The van der Waals surface area contributed by atoms with Gasteiger partial charge in [0.15, 0.2) is 0 Å². The van der Waals surface area contributed by atoms with E-state index in [0.717, 1.165) is 21.2 Å². The van der Waals surface area contributed by atoms with Gasteiger partial charge in [0.05, 0.1) is 5.56 Å². The van der Waals surface area contributed by atoms with Gasteiger partial charge in [-0.2, -0.15) is 0 Å². The van der Waals surface area contributed by atoms with Crippen molar-refractivity contribution in [2.75, 3.05) is 0 Å². The minimum absolute atomic E-state index is 0.0801. The van der Waals surface area contributed by atoms with Gasteiger partial charge in [0.2, 0.25) is 0 Å². The molecule has 1 amide bonds. The Morgan fingerprint density at radius 2 is 1.80 bits per heavy atom. The first-order valence-electron chi connectivity index (χ1n) is 6.43. The minimum atomic E-state index is -0.0801. The van der Waals surface area contributed by atoms with Crippen molar-refractivity contribution in [1.29, 1.82) is 0 Å². The van der Waals surface area contributed by atoms with E-state index < -0.39 is 0 Å². The lowest BCUT2D eigenvalue weighted by molar-refractivity contribution is 0.0950. The molecule has 0 aliphatic carbocycles. The van der Waals surface area contributed by atoms with Crippen LogP contribution in [0.3, 0.4) is 0 Å². The summed E-state index contributed by atoms with van der Waals surface area (Å²) < 4.78 is 0.843. The maximum absolute atomic E-state index is 12.2. The molecule has 0 fully saturated rings. The van der Waals surface area contributed by atoms with E-state index in [1.54, 1.807) is 0 Å². The molecular formula is C16H17BrN2O. The molecule has 2 aromatic carbocycles. The van der Waals surface area contributed by atoms with Crippen molar-refractivity contribution in [1.82, 2.24) is 5.32 Å². The van der Waals surface area contributed by atoms with E-state index in [1.165, 1.54) is 0 Å². The van der Waals surface area contributed by atoms with E-state index >= 15 is 0 Å². The lowest BCUT2D eigenvalue weighted by Crippen LogP contribution is -2.23. The quantitative estimate of drug-likeness (QED) is 0.903. The molecule has 0 heterocycles. The standard InChI is InChI=1S/C16H17BrN2O/c1-11-3-2-4-14(15(11)17)16(20)19-10-13-7-5-12(9-18)6-8-13/h2-8H,9-10,18H2,1H3,(H,19,20). The van der Waals surface area contributed by atoms with Crippen LogP contribution in [-0.4, -0.2) is 5.91 Å². The first-order chi connectivity index (χ1) is 9.61. The predicted octanol–water partition coefficient (Wildman–Crippen LogP) is 3.15. The Labute approximate surface area is 127 Å². The second-order valence-electron chi connectivity index (χ2n) is 4.64. The summed E-state index contributed by atoms with van der Waals surface area (Å²) in [6, 6.07) is 13.6. The van der Waals surface area contributed by atoms with Crippen molar-refractivity contribution in [3.05, 3.63) is 69.2 Å². The van der Waals surface area contributed by atoms with Crippen molar-refractivity contribution >= 4 is 21.8 Å². The Morgan fingerprint density at radius 3 is 2.45 bits per heavy atom. The molecule has 0 aliphatic rings. The molecule has 0 saturated heterocycles. The van der Waals surface area contributed by atoms with Crippen LogP contribution < -0.4 is 11.1 Å². The van der Waals surface area contributed by atoms with Crippen molar-refractivity contribution in [2.45, 2.75) is 20.0 Å². The van der Waals surface area contributed by atoms with E-state index in [2.05, 4.69) is 21.2 Å². The third kappa shape index (κ3) is 3.46. The van der Waals surface area contributed by atoms with Crippen molar-refractivity contribution in [2.24, 2.45) is 5.73 Å². The van der Waals surface area contributed by atoms with Crippen LogP contribution in [0.4, 0.5) is 0 Å². The number of hydrogen-bond acceptors (Lipinski definition) is 2. The average Bonchev–Trinajstić information content (AvgIpc) is 2.48. The minimum Gasteiger partial charge on any atom is -0.348 e. The fraction of sp³-hybridized carbons (Fsp3) is 0.188. The molecule has 0 aromatic heterocycles. The zero-order valence-electron chi connectivity index (χ0n) is 11.3. The van der Waals surface area contributed by atoms with Gasteiger partial charge in [0.25, 0.3) is 5.91 Å². The van der Waals surface area contributed by atoms with Crippen LogP contribution in [-0.2, 0) is 13.1 Å². The molecule has 0 unspecified atom stereocenters. The number of amides is 1. The molecule has 20 heavy (non-hydrogen) atoms. The number of carbonyl (C=O) groups is 1. The second kappa shape index (κ2) is 6.68. The molecule has 0 saturated carbocycles. The van der Waals surface area contributed by atoms with Gasteiger partial charge in [-0.1, -0.05) is 36.4 Å². The Bertz CT molecular complexity index is 608. The highest BCUT2D eigenvalue weighted by Gasteiger charge is 2.10. The van der Waals surface area contributed by atoms with Gasteiger partial charge in [-0.15, -0.1) is 0 Å². The molecule has 0 bridgehead atoms. The highest BCUT2D eigenvalue weighted by Crippen LogP contribution is 2.20. The molecule has 0 spiro atoms. The molecule has 2 aromatic rings. The van der Waals surface area contributed by atoms with Gasteiger partial charge >= 0.3 is 0 Å². The molecule has 0 aliphatic heterocycles. The monoisotopic (exact) mass is 332 g/mol. The maximum Gasteiger partial charge on any atom is 0.252 e. The molecule has 3 N–H and O–H groups in total. The van der Waals surface area contributed by atoms with Crippen LogP contribution in [0.1, 0.15) is 27.0 Å². The van der Waals surface area contributed by atoms with Crippen molar-refractivity contribution in [3.8, 4) is 0 Å². The molecular weight excluding hydrogens is 316 g/mol. The Hall–Kier alpha value is -1.65. The summed E-state index contributed by atoms with van der Waals surface area (Å²) in [7, 11) is 0. The molecule has 104 valence electrons. The van der Waals surface area contributed by atoms with Gasteiger partial charge in [-0.3, -0.25) is 4.79 Å². The number of hydrogen-bond donors (Lipinski definition) is 2. The number of nitrogens with one attached hydrogen (secondary N) is 1. The van der Waals surface area contributed by atoms with Gasteiger partial charge in [0.1, 0.15) is 0 Å². The number of nitrogens with two attached hydrogens (primary N) is 1. The van der Waals surface area contributed by atoms with Gasteiger partial charge < -0.3 is 11.1 Å². The average molecular weight is 333 g/mol. The van der Waals surface area contributed by atoms with Crippen LogP contribution in [0.2, 0.25) is 0 Å². The van der Waals surface area contributed by atoms with Crippen LogP contribution in [0.25, 0.3) is 0 Å². The first kappa shape index (κ1) is 14.8. The third-order valence-corrected chi connectivity index (χ3v) is 4.20. The second-order valence-corrected chi connectivity index (χ2v) is 5.43. The molecule has 0 radical (unpaired) electrons. The van der Waals surface area contributed by atoms with Crippen molar-refractivity contribution < 1.29 is 4.79 Å². The van der Waals surface area contributed by atoms with E-state index in [0.29, 0.717) is 18.7 Å². The lowest BCUT2D eigenvalue weighted by atomic mass is 10.1. The van der Waals surface area contributed by atoms with Gasteiger partial charge in [-0.05, 0) is 45.6 Å². The topological polar surface area (TPSA) is 55.1 Å². The van der Waals surface area contributed by atoms with E-state index in [-0.39, 0.29) is 5.91 Å². The lowest BCUT2D eigenvalue weighted by Gasteiger charge is -2.09.